The Kier molecular flexibility index (Phi) is 6.09. The summed E-state index contributed by atoms with van der Waals surface area (Å²) in [4.78, 5) is 0. The van der Waals surface area contributed by atoms with Crippen molar-refractivity contribution in [3.63, 3.8) is 0 Å². The zero-order valence-electron chi connectivity index (χ0n) is 13.5. The molecule has 1 aliphatic rings. The minimum absolute atomic E-state index is 0.750. The molecule has 1 aromatic rings. The predicted octanol–water partition coefficient (Wildman–Crippen LogP) is 4.60. The Morgan fingerprint density at radius 2 is 1.65 bits per heavy atom. The summed E-state index contributed by atoms with van der Waals surface area (Å²) in [6.07, 6.45) is 7.86. The molecule has 1 fully saturated rings. The summed E-state index contributed by atoms with van der Waals surface area (Å²) in [5.74, 6) is 1.58. The number of rotatable bonds is 9. The van der Waals surface area contributed by atoms with Gasteiger partial charge >= 0.3 is 0 Å². The zero-order valence-corrected chi connectivity index (χ0v) is 13.5. The van der Waals surface area contributed by atoms with Gasteiger partial charge in [0, 0.05) is 6.04 Å². The summed E-state index contributed by atoms with van der Waals surface area (Å²) >= 11 is 0. The van der Waals surface area contributed by atoms with E-state index in [1.54, 1.807) is 0 Å². The Bertz CT molecular complexity index is 375. The van der Waals surface area contributed by atoms with Crippen LogP contribution in [0.1, 0.15) is 57.6 Å². The molecule has 1 heteroatoms. The van der Waals surface area contributed by atoms with E-state index in [1.807, 2.05) is 0 Å². The van der Waals surface area contributed by atoms with Gasteiger partial charge in [-0.25, -0.2) is 0 Å². The third-order valence-electron chi connectivity index (χ3n) is 4.24. The largest absolute Gasteiger partial charge is 0.314 e. The van der Waals surface area contributed by atoms with Gasteiger partial charge in [-0.3, -0.25) is 0 Å². The van der Waals surface area contributed by atoms with E-state index in [0.717, 1.165) is 17.9 Å². The first-order valence-electron chi connectivity index (χ1n) is 8.44. The Morgan fingerprint density at radius 1 is 1.00 bits per heavy atom. The first kappa shape index (κ1) is 15.6. The highest BCUT2D eigenvalue weighted by Crippen LogP contribution is 2.19. The average Bonchev–Trinajstić information content (AvgIpc) is 3.21. The number of aryl methyl sites for hydroxylation is 1. The van der Waals surface area contributed by atoms with Crippen molar-refractivity contribution in [2.75, 3.05) is 6.54 Å². The van der Waals surface area contributed by atoms with E-state index in [0.29, 0.717) is 0 Å². The van der Waals surface area contributed by atoms with Crippen LogP contribution < -0.4 is 5.32 Å². The number of nitrogens with one attached hydrogen (secondary N) is 1. The maximum atomic E-state index is 3.61. The van der Waals surface area contributed by atoms with E-state index in [-0.39, 0.29) is 0 Å². The lowest BCUT2D eigenvalue weighted by atomic mass is 9.96. The van der Waals surface area contributed by atoms with Gasteiger partial charge in [-0.05, 0) is 68.0 Å². The molecule has 1 aliphatic carbocycles. The molecule has 0 aliphatic heterocycles. The highest BCUT2D eigenvalue weighted by molar-refractivity contribution is 5.23. The topological polar surface area (TPSA) is 12.0 Å². The van der Waals surface area contributed by atoms with Crippen molar-refractivity contribution in [2.45, 2.75) is 65.3 Å². The minimum atomic E-state index is 0.750. The molecule has 1 atom stereocenters. The summed E-state index contributed by atoms with van der Waals surface area (Å²) in [6, 6.07) is 10.1. The Hall–Kier alpha value is -0.820. The van der Waals surface area contributed by atoms with Gasteiger partial charge in [0.15, 0.2) is 0 Å². The molecular formula is C19H31N. The molecule has 1 nitrogen and oxygen atoms in total. The summed E-state index contributed by atoms with van der Waals surface area (Å²) < 4.78 is 0. The molecule has 1 saturated carbocycles. The fourth-order valence-electron chi connectivity index (χ4n) is 2.69. The highest BCUT2D eigenvalue weighted by Gasteiger charge is 2.19. The van der Waals surface area contributed by atoms with Gasteiger partial charge in [-0.2, -0.15) is 0 Å². The van der Waals surface area contributed by atoms with E-state index < -0.39 is 0 Å². The van der Waals surface area contributed by atoms with Crippen molar-refractivity contribution in [1.29, 1.82) is 0 Å². The third kappa shape index (κ3) is 6.09. The van der Waals surface area contributed by atoms with Crippen molar-refractivity contribution in [1.82, 2.24) is 5.32 Å². The average molecular weight is 273 g/mol. The molecule has 20 heavy (non-hydrogen) atoms. The second-order valence-corrected chi connectivity index (χ2v) is 7.08. The molecule has 0 saturated heterocycles. The predicted molar refractivity (Wildman–Crippen MR) is 88.1 cm³/mol. The normalized spacial score (nSPS) is 16.6. The van der Waals surface area contributed by atoms with Gasteiger partial charge in [0.1, 0.15) is 0 Å². The molecule has 0 amide bonds. The highest BCUT2D eigenvalue weighted by atomic mass is 14.9. The molecule has 1 N–H and O–H groups in total. The lowest BCUT2D eigenvalue weighted by molar-refractivity contribution is 0.469. The van der Waals surface area contributed by atoms with Gasteiger partial charge in [0.2, 0.25) is 0 Å². The van der Waals surface area contributed by atoms with Crippen LogP contribution in [-0.2, 0) is 12.8 Å². The van der Waals surface area contributed by atoms with Crippen LogP contribution in [0.3, 0.4) is 0 Å². The molecule has 0 bridgehead atoms. The minimum Gasteiger partial charge on any atom is -0.314 e. The monoisotopic (exact) mass is 273 g/mol. The second kappa shape index (κ2) is 7.83. The van der Waals surface area contributed by atoms with E-state index >= 15 is 0 Å². The Balaban J connectivity index is 1.64. The standard InChI is InChI=1S/C19H31N/c1-15(2)14-18-8-6-17(7-9-18)5-4-16(3)12-13-20-19-10-11-19/h6-9,15-16,19-20H,4-5,10-14H2,1-3H3. The molecule has 112 valence electrons. The van der Waals surface area contributed by atoms with E-state index in [4.69, 9.17) is 0 Å². The van der Waals surface area contributed by atoms with E-state index in [1.165, 1.54) is 56.2 Å². The molecule has 0 heterocycles. The van der Waals surface area contributed by atoms with Crippen molar-refractivity contribution in [2.24, 2.45) is 11.8 Å². The van der Waals surface area contributed by atoms with Crippen molar-refractivity contribution in [3.8, 4) is 0 Å². The van der Waals surface area contributed by atoms with Gasteiger partial charge in [0.25, 0.3) is 0 Å². The first-order chi connectivity index (χ1) is 9.63. The van der Waals surface area contributed by atoms with Crippen molar-refractivity contribution in [3.05, 3.63) is 35.4 Å². The molecule has 1 aromatic carbocycles. The van der Waals surface area contributed by atoms with Gasteiger partial charge in [0.05, 0.1) is 0 Å². The van der Waals surface area contributed by atoms with Crippen molar-refractivity contribution < 1.29 is 0 Å². The van der Waals surface area contributed by atoms with Crippen LogP contribution in [0.15, 0.2) is 24.3 Å². The fourth-order valence-corrected chi connectivity index (χ4v) is 2.69. The van der Waals surface area contributed by atoms with E-state index in [9.17, 15) is 0 Å². The van der Waals surface area contributed by atoms with Crippen LogP contribution in [0.2, 0.25) is 0 Å². The quantitative estimate of drug-likeness (QED) is 0.693. The summed E-state index contributed by atoms with van der Waals surface area (Å²) in [5.41, 5.74) is 2.98. The lowest BCUT2D eigenvalue weighted by Crippen LogP contribution is -2.19. The van der Waals surface area contributed by atoms with Crippen LogP contribution in [-0.4, -0.2) is 12.6 Å². The first-order valence-corrected chi connectivity index (χ1v) is 8.44. The summed E-state index contributed by atoms with van der Waals surface area (Å²) in [6.45, 7) is 8.16. The smallest absolute Gasteiger partial charge is 0.00682 e. The maximum absolute atomic E-state index is 3.61. The molecule has 2 rings (SSSR count). The van der Waals surface area contributed by atoms with Crippen LogP contribution in [0.4, 0.5) is 0 Å². The Morgan fingerprint density at radius 3 is 2.25 bits per heavy atom. The fraction of sp³-hybridized carbons (Fsp3) is 0.684. The molecule has 0 aromatic heterocycles. The molecule has 0 spiro atoms. The third-order valence-corrected chi connectivity index (χ3v) is 4.24. The molecule has 0 radical (unpaired) electrons. The summed E-state index contributed by atoms with van der Waals surface area (Å²) in [7, 11) is 0. The lowest BCUT2D eigenvalue weighted by Gasteiger charge is -2.12. The van der Waals surface area contributed by atoms with Crippen molar-refractivity contribution >= 4 is 0 Å². The van der Waals surface area contributed by atoms with Gasteiger partial charge < -0.3 is 5.32 Å². The second-order valence-electron chi connectivity index (χ2n) is 7.08. The van der Waals surface area contributed by atoms with Crippen LogP contribution >= 0.6 is 0 Å². The molecular weight excluding hydrogens is 242 g/mol. The van der Waals surface area contributed by atoms with E-state index in [2.05, 4.69) is 50.4 Å². The Labute approximate surface area is 125 Å². The van der Waals surface area contributed by atoms with Gasteiger partial charge in [-0.1, -0.05) is 45.0 Å². The maximum Gasteiger partial charge on any atom is 0.00682 e. The van der Waals surface area contributed by atoms with Crippen LogP contribution in [0, 0.1) is 11.8 Å². The van der Waals surface area contributed by atoms with Gasteiger partial charge in [-0.15, -0.1) is 0 Å². The van der Waals surface area contributed by atoms with Crippen LogP contribution in [0.5, 0.6) is 0 Å². The van der Waals surface area contributed by atoms with Crippen LogP contribution in [0.25, 0.3) is 0 Å². The number of hydrogen-bond donors (Lipinski definition) is 1. The molecule has 1 unspecified atom stereocenters. The SMILES string of the molecule is CC(C)Cc1ccc(CCC(C)CCNC2CC2)cc1. The number of benzene rings is 1. The summed E-state index contributed by atoms with van der Waals surface area (Å²) in [5, 5.41) is 3.61. The zero-order chi connectivity index (χ0) is 14.4. The number of hydrogen-bond acceptors (Lipinski definition) is 1.